The predicted molar refractivity (Wildman–Crippen MR) is 47.8 cm³/mol. The van der Waals surface area contributed by atoms with Gasteiger partial charge in [0.05, 0.1) is 0 Å². The second-order valence-electron chi connectivity index (χ2n) is 3.58. The highest BCUT2D eigenvalue weighted by molar-refractivity contribution is 4.74. The molecule has 0 spiro atoms. The van der Waals surface area contributed by atoms with Crippen molar-refractivity contribution in [3.05, 3.63) is 0 Å². The van der Waals surface area contributed by atoms with Crippen LogP contribution in [0.5, 0.6) is 0 Å². The maximum Gasteiger partial charge on any atom is 0.225 e. The zero-order chi connectivity index (χ0) is 8.81. The Morgan fingerprint density at radius 2 is 1.67 bits per heavy atom. The Hall–Kier alpha value is -0.110. The second kappa shape index (κ2) is 5.52. The molecule has 0 amide bonds. The summed E-state index contributed by atoms with van der Waals surface area (Å²) < 4.78 is 16.9. The smallest absolute Gasteiger partial charge is 0.225 e. The Morgan fingerprint density at radius 1 is 1.08 bits per heavy atom. The van der Waals surface area contributed by atoms with Crippen LogP contribution in [-0.4, -0.2) is 12.5 Å². The quantitative estimate of drug-likeness (QED) is 0.425. The monoisotopic (exact) mass is 174 g/mol. The van der Waals surface area contributed by atoms with Crippen LogP contribution >= 0.6 is 0 Å². The summed E-state index contributed by atoms with van der Waals surface area (Å²) in [5.74, 6) is 0. The van der Waals surface area contributed by atoms with E-state index in [1.165, 1.54) is 32.1 Å². The first-order valence-corrected chi connectivity index (χ1v) is 5.14. The molecule has 1 rings (SSSR count). The van der Waals surface area contributed by atoms with E-state index in [1.54, 1.807) is 0 Å². The van der Waals surface area contributed by atoms with Crippen molar-refractivity contribution in [2.24, 2.45) is 0 Å². The first-order valence-electron chi connectivity index (χ1n) is 5.14. The van der Waals surface area contributed by atoms with E-state index in [0.717, 1.165) is 12.8 Å². The van der Waals surface area contributed by atoms with Crippen molar-refractivity contribution in [2.75, 3.05) is 0 Å². The molecule has 1 fully saturated rings. The minimum Gasteiger partial charge on any atom is -0.337 e. The maximum atomic E-state index is 12.2. The van der Waals surface area contributed by atoms with Crippen LogP contribution in [-0.2, 0) is 4.74 Å². The van der Waals surface area contributed by atoms with Gasteiger partial charge in [-0.1, -0.05) is 45.4 Å². The Morgan fingerprint density at radius 3 is 2.25 bits per heavy atom. The van der Waals surface area contributed by atoms with Gasteiger partial charge in [0.25, 0.3) is 0 Å². The molecule has 0 aromatic rings. The standard InChI is InChI=1S/C10H19FO/c1-2-3-4-5-6-7-8-9-10(11)12-9/h9-10H,2-8H2,1H3. The molecular weight excluding hydrogens is 155 g/mol. The van der Waals surface area contributed by atoms with Gasteiger partial charge in [0.1, 0.15) is 6.10 Å². The summed E-state index contributed by atoms with van der Waals surface area (Å²) >= 11 is 0. The first-order chi connectivity index (χ1) is 5.84. The minimum absolute atomic E-state index is 0.0452. The van der Waals surface area contributed by atoms with E-state index in [0.29, 0.717) is 0 Å². The number of ether oxygens (including phenoxy) is 1. The molecule has 0 aromatic heterocycles. The summed E-state index contributed by atoms with van der Waals surface area (Å²) in [6.07, 6.45) is 7.59. The number of epoxide rings is 1. The molecule has 0 N–H and O–H groups in total. The van der Waals surface area contributed by atoms with E-state index < -0.39 is 6.36 Å². The van der Waals surface area contributed by atoms with Gasteiger partial charge in [-0.15, -0.1) is 0 Å². The molecule has 2 atom stereocenters. The van der Waals surface area contributed by atoms with Crippen LogP contribution in [0.2, 0.25) is 0 Å². The van der Waals surface area contributed by atoms with Crippen molar-refractivity contribution < 1.29 is 9.13 Å². The Labute approximate surface area is 74.3 Å². The van der Waals surface area contributed by atoms with Crippen molar-refractivity contribution in [1.82, 2.24) is 0 Å². The molecule has 0 saturated carbocycles. The largest absolute Gasteiger partial charge is 0.337 e. The number of rotatable bonds is 7. The average molecular weight is 174 g/mol. The fraction of sp³-hybridized carbons (Fsp3) is 1.00. The summed E-state index contributed by atoms with van der Waals surface area (Å²) in [7, 11) is 0. The first kappa shape index (κ1) is 9.97. The van der Waals surface area contributed by atoms with Crippen molar-refractivity contribution >= 4 is 0 Å². The molecule has 0 aliphatic carbocycles. The summed E-state index contributed by atoms with van der Waals surface area (Å²) in [4.78, 5) is 0. The fourth-order valence-corrected chi connectivity index (χ4v) is 1.45. The third-order valence-corrected chi connectivity index (χ3v) is 2.36. The van der Waals surface area contributed by atoms with Gasteiger partial charge in [-0.3, -0.25) is 0 Å². The topological polar surface area (TPSA) is 12.5 Å². The van der Waals surface area contributed by atoms with Crippen molar-refractivity contribution in [2.45, 2.75) is 64.3 Å². The lowest BCUT2D eigenvalue weighted by Gasteiger charge is -1.97. The van der Waals surface area contributed by atoms with Crippen LogP contribution in [0.3, 0.4) is 0 Å². The van der Waals surface area contributed by atoms with E-state index in [4.69, 9.17) is 0 Å². The van der Waals surface area contributed by atoms with E-state index in [-0.39, 0.29) is 6.10 Å². The summed E-state index contributed by atoms with van der Waals surface area (Å²) in [6.45, 7) is 2.21. The third kappa shape index (κ3) is 4.05. The number of hydrogen-bond donors (Lipinski definition) is 0. The minimum atomic E-state index is -0.930. The number of hydrogen-bond acceptors (Lipinski definition) is 1. The molecule has 72 valence electrons. The summed E-state index contributed by atoms with van der Waals surface area (Å²) in [5, 5.41) is 0. The zero-order valence-electron chi connectivity index (χ0n) is 7.89. The average Bonchev–Trinajstić information content (AvgIpc) is 2.74. The molecule has 2 heteroatoms. The van der Waals surface area contributed by atoms with Crippen LogP contribution in [0.1, 0.15) is 51.9 Å². The molecule has 1 heterocycles. The van der Waals surface area contributed by atoms with Gasteiger partial charge in [0.2, 0.25) is 6.36 Å². The summed E-state index contributed by atoms with van der Waals surface area (Å²) in [5.41, 5.74) is 0. The number of alkyl halides is 1. The Kier molecular flexibility index (Phi) is 4.59. The van der Waals surface area contributed by atoms with Gasteiger partial charge in [0, 0.05) is 0 Å². The lowest BCUT2D eigenvalue weighted by atomic mass is 10.1. The Bertz CT molecular complexity index is 116. The lowest BCUT2D eigenvalue weighted by Crippen LogP contribution is -1.88. The molecule has 12 heavy (non-hydrogen) atoms. The molecule has 0 aromatic carbocycles. The van der Waals surface area contributed by atoms with Crippen LogP contribution in [0.4, 0.5) is 4.39 Å². The highest BCUT2D eigenvalue weighted by Gasteiger charge is 2.37. The number of halogens is 1. The third-order valence-electron chi connectivity index (χ3n) is 2.36. The molecule has 1 aliphatic rings. The van der Waals surface area contributed by atoms with Gasteiger partial charge in [-0.2, -0.15) is 0 Å². The zero-order valence-corrected chi connectivity index (χ0v) is 7.89. The fourth-order valence-electron chi connectivity index (χ4n) is 1.45. The van der Waals surface area contributed by atoms with Gasteiger partial charge >= 0.3 is 0 Å². The van der Waals surface area contributed by atoms with Gasteiger partial charge in [-0.25, -0.2) is 4.39 Å². The highest BCUT2D eigenvalue weighted by Crippen LogP contribution is 2.28. The Balaban J connectivity index is 1.72. The van der Waals surface area contributed by atoms with Crippen LogP contribution in [0, 0.1) is 0 Å². The van der Waals surface area contributed by atoms with Crippen LogP contribution in [0.15, 0.2) is 0 Å². The van der Waals surface area contributed by atoms with Gasteiger partial charge in [-0.05, 0) is 6.42 Å². The molecule has 1 nitrogen and oxygen atoms in total. The van der Waals surface area contributed by atoms with Crippen molar-refractivity contribution in [3.63, 3.8) is 0 Å². The molecule has 1 saturated heterocycles. The van der Waals surface area contributed by atoms with Crippen molar-refractivity contribution in [3.8, 4) is 0 Å². The van der Waals surface area contributed by atoms with Gasteiger partial charge < -0.3 is 4.74 Å². The second-order valence-corrected chi connectivity index (χ2v) is 3.58. The molecule has 0 bridgehead atoms. The maximum absolute atomic E-state index is 12.2. The van der Waals surface area contributed by atoms with E-state index in [2.05, 4.69) is 11.7 Å². The SMILES string of the molecule is CCCCCCCCC1OC1F. The van der Waals surface area contributed by atoms with E-state index in [9.17, 15) is 4.39 Å². The number of unbranched alkanes of at least 4 members (excludes halogenated alkanes) is 5. The lowest BCUT2D eigenvalue weighted by molar-refractivity contribution is 0.263. The highest BCUT2D eigenvalue weighted by atomic mass is 19.2. The van der Waals surface area contributed by atoms with Crippen LogP contribution in [0.25, 0.3) is 0 Å². The summed E-state index contributed by atoms with van der Waals surface area (Å²) in [6, 6.07) is 0. The van der Waals surface area contributed by atoms with E-state index in [1.807, 2.05) is 0 Å². The molecule has 2 unspecified atom stereocenters. The van der Waals surface area contributed by atoms with Gasteiger partial charge in [0.15, 0.2) is 0 Å². The van der Waals surface area contributed by atoms with Crippen molar-refractivity contribution in [1.29, 1.82) is 0 Å². The normalized spacial score (nSPS) is 27.5. The van der Waals surface area contributed by atoms with E-state index >= 15 is 0 Å². The molecule has 1 aliphatic heterocycles. The predicted octanol–water partition coefficient (Wildman–Crippen LogP) is 3.43. The van der Waals surface area contributed by atoms with Crippen LogP contribution < -0.4 is 0 Å². The molecular formula is C10H19FO. The molecule has 0 radical (unpaired) electrons.